The van der Waals surface area contributed by atoms with E-state index in [1.807, 2.05) is 65.8 Å². The van der Waals surface area contributed by atoms with Crippen LogP contribution in [-0.4, -0.2) is 47.1 Å². The highest BCUT2D eigenvalue weighted by molar-refractivity contribution is 5.98. The maximum Gasteiger partial charge on any atom is 0.254 e. The first-order valence-electron chi connectivity index (χ1n) is 10.6. The molecule has 0 aliphatic carbocycles. The summed E-state index contributed by atoms with van der Waals surface area (Å²) in [6.07, 6.45) is 4.11. The van der Waals surface area contributed by atoms with Crippen molar-refractivity contribution in [3.05, 3.63) is 78.1 Å². The Bertz CT molecular complexity index is 1330. The third kappa shape index (κ3) is 3.75. The number of fused-ring (bicyclic) bond motifs is 1. The van der Waals surface area contributed by atoms with Crippen molar-refractivity contribution >= 4 is 16.9 Å². The molecule has 2 aromatic carbocycles. The van der Waals surface area contributed by atoms with E-state index >= 15 is 0 Å². The Labute approximate surface area is 186 Å². The van der Waals surface area contributed by atoms with Crippen molar-refractivity contribution in [3.63, 3.8) is 0 Å². The number of aromatic nitrogens is 2. The summed E-state index contributed by atoms with van der Waals surface area (Å²) in [6, 6.07) is 20.0. The zero-order valence-corrected chi connectivity index (χ0v) is 17.5. The molecule has 0 radical (unpaired) electrons. The number of pyridine rings is 1. The number of benzene rings is 2. The fourth-order valence-corrected chi connectivity index (χ4v) is 4.19. The van der Waals surface area contributed by atoms with Crippen LogP contribution in [0.15, 0.2) is 67.0 Å². The third-order valence-corrected chi connectivity index (χ3v) is 5.85. The van der Waals surface area contributed by atoms with Crippen molar-refractivity contribution in [3.8, 4) is 28.3 Å². The molecule has 1 aliphatic rings. The van der Waals surface area contributed by atoms with E-state index in [-0.39, 0.29) is 5.91 Å². The number of rotatable bonds is 4. The van der Waals surface area contributed by atoms with Gasteiger partial charge in [0.25, 0.3) is 5.91 Å². The molecular weight excluding hydrogens is 400 g/mol. The van der Waals surface area contributed by atoms with Gasteiger partial charge in [-0.25, -0.2) is 4.98 Å². The Morgan fingerprint density at radius 1 is 1.06 bits per heavy atom. The number of hydrogen-bond donors (Lipinski definition) is 1. The van der Waals surface area contributed by atoms with E-state index in [2.05, 4.69) is 22.1 Å². The topological polar surface area (TPSA) is 82.0 Å². The molecule has 0 spiro atoms. The predicted molar refractivity (Wildman–Crippen MR) is 123 cm³/mol. The minimum absolute atomic E-state index is 0.0250. The van der Waals surface area contributed by atoms with Crippen LogP contribution in [0.1, 0.15) is 15.9 Å². The van der Waals surface area contributed by atoms with Crippen LogP contribution < -0.4 is 0 Å². The van der Waals surface area contributed by atoms with Gasteiger partial charge >= 0.3 is 0 Å². The Morgan fingerprint density at radius 3 is 2.75 bits per heavy atom. The molecule has 1 aliphatic heterocycles. The van der Waals surface area contributed by atoms with Gasteiger partial charge in [0.1, 0.15) is 5.65 Å². The van der Waals surface area contributed by atoms with E-state index in [0.29, 0.717) is 38.3 Å². The Hall–Kier alpha value is -3.95. The number of nitrogens with zero attached hydrogens (tertiary/aromatic N) is 3. The van der Waals surface area contributed by atoms with Gasteiger partial charge in [-0.2, -0.15) is 5.26 Å². The number of nitriles is 1. The van der Waals surface area contributed by atoms with Gasteiger partial charge in [0, 0.05) is 47.6 Å². The number of nitrogens with one attached hydrogen (secondary N) is 1. The lowest BCUT2D eigenvalue weighted by Gasteiger charge is -2.27. The van der Waals surface area contributed by atoms with E-state index in [0.717, 1.165) is 38.9 Å². The Balaban J connectivity index is 1.53. The molecule has 0 atom stereocenters. The first-order chi connectivity index (χ1) is 15.7. The molecule has 0 unspecified atom stereocenters. The van der Waals surface area contributed by atoms with Gasteiger partial charge in [0.15, 0.2) is 0 Å². The first-order valence-corrected chi connectivity index (χ1v) is 10.6. The van der Waals surface area contributed by atoms with Crippen molar-refractivity contribution in [2.24, 2.45) is 0 Å². The lowest BCUT2D eigenvalue weighted by molar-refractivity contribution is 0.0303. The number of carbonyl (C=O) groups excluding carboxylic acids is 1. The molecule has 158 valence electrons. The molecule has 1 saturated heterocycles. The van der Waals surface area contributed by atoms with Crippen LogP contribution in [0.2, 0.25) is 0 Å². The average molecular weight is 422 g/mol. The zero-order chi connectivity index (χ0) is 21.9. The maximum atomic E-state index is 12.9. The molecule has 2 aromatic heterocycles. The number of H-pyrrole nitrogens is 1. The minimum Gasteiger partial charge on any atom is -0.378 e. The largest absolute Gasteiger partial charge is 0.378 e. The van der Waals surface area contributed by atoms with Gasteiger partial charge < -0.3 is 14.6 Å². The van der Waals surface area contributed by atoms with Crippen LogP contribution in [0.25, 0.3) is 33.3 Å². The fourth-order valence-electron chi connectivity index (χ4n) is 4.19. The maximum absolute atomic E-state index is 12.9. The summed E-state index contributed by atoms with van der Waals surface area (Å²) in [6.45, 7) is 2.39. The number of amides is 1. The summed E-state index contributed by atoms with van der Waals surface area (Å²) in [4.78, 5) is 22.6. The highest BCUT2D eigenvalue weighted by atomic mass is 16.5. The number of carbonyl (C=O) groups is 1. The second-order valence-corrected chi connectivity index (χ2v) is 7.80. The molecule has 3 heterocycles. The average Bonchev–Trinajstić information content (AvgIpc) is 3.28. The molecule has 1 amide bonds. The number of ether oxygens (including phenoxy) is 1. The molecule has 6 heteroatoms. The summed E-state index contributed by atoms with van der Waals surface area (Å²) in [5.74, 6) is 0.0250. The number of hydrogen-bond acceptors (Lipinski definition) is 4. The summed E-state index contributed by atoms with van der Waals surface area (Å²) in [7, 11) is 0. The minimum atomic E-state index is 0.0250. The van der Waals surface area contributed by atoms with E-state index in [1.54, 1.807) is 0 Å². The molecule has 0 bridgehead atoms. The second-order valence-electron chi connectivity index (χ2n) is 7.80. The predicted octanol–water partition coefficient (Wildman–Crippen LogP) is 4.44. The number of aromatic amines is 1. The molecule has 32 heavy (non-hydrogen) atoms. The molecule has 1 fully saturated rings. The lowest BCUT2D eigenvalue weighted by atomic mass is 9.97. The quantitative estimate of drug-likeness (QED) is 0.527. The van der Waals surface area contributed by atoms with Crippen LogP contribution in [0.3, 0.4) is 0 Å². The highest BCUT2D eigenvalue weighted by Gasteiger charge is 2.19. The van der Waals surface area contributed by atoms with E-state index < -0.39 is 0 Å². The van der Waals surface area contributed by atoms with Gasteiger partial charge in [0.05, 0.1) is 25.7 Å². The zero-order valence-electron chi connectivity index (χ0n) is 17.5. The van der Waals surface area contributed by atoms with Gasteiger partial charge in [-0.15, -0.1) is 0 Å². The second kappa shape index (κ2) is 8.66. The van der Waals surface area contributed by atoms with Crippen molar-refractivity contribution in [2.75, 3.05) is 26.3 Å². The van der Waals surface area contributed by atoms with Gasteiger partial charge in [-0.3, -0.25) is 4.79 Å². The van der Waals surface area contributed by atoms with Crippen LogP contribution in [0.4, 0.5) is 0 Å². The standard InChI is InChI=1S/C26H22N4O2/c27-9-8-18-4-1-2-7-22(18)24-17-29-25-23(24)15-21(16-28-25)19-5-3-6-20(14-19)26(31)30-10-12-32-13-11-30/h1-7,14-17H,8,10-13H2,(H,28,29). The van der Waals surface area contributed by atoms with Crippen molar-refractivity contribution in [1.29, 1.82) is 5.26 Å². The third-order valence-electron chi connectivity index (χ3n) is 5.85. The van der Waals surface area contributed by atoms with Crippen molar-refractivity contribution in [2.45, 2.75) is 6.42 Å². The van der Waals surface area contributed by atoms with Crippen LogP contribution in [-0.2, 0) is 11.2 Å². The monoisotopic (exact) mass is 422 g/mol. The van der Waals surface area contributed by atoms with Crippen LogP contribution in [0, 0.1) is 11.3 Å². The molecule has 1 N–H and O–H groups in total. The van der Waals surface area contributed by atoms with Crippen molar-refractivity contribution in [1.82, 2.24) is 14.9 Å². The van der Waals surface area contributed by atoms with Gasteiger partial charge in [-0.1, -0.05) is 36.4 Å². The molecule has 5 rings (SSSR count). The summed E-state index contributed by atoms with van der Waals surface area (Å²) >= 11 is 0. The molecule has 6 nitrogen and oxygen atoms in total. The summed E-state index contributed by atoms with van der Waals surface area (Å²) in [5.41, 5.74) is 6.36. The SMILES string of the molecule is N#CCc1ccccc1-c1c[nH]c2ncc(-c3cccc(C(=O)N4CCOCC4)c3)cc12. The van der Waals surface area contributed by atoms with E-state index in [1.165, 1.54) is 0 Å². The first kappa shape index (κ1) is 20.0. The van der Waals surface area contributed by atoms with Crippen LogP contribution >= 0.6 is 0 Å². The summed E-state index contributed by atoms with van der Waals surface area (Å²) in [5, 5.41) is 10.2. The van der Waals surface area contributed by atoms with E-state index in [9.17, 15) is 10.1 Å². The lowest BCUT2D eigenvalue weighted by Crippen LogP contribution is -2.40. The normalized spacial score (nSPS) is 13.8. The molecule has 0 saturated carbocycles. The molecular formula is C26H22N4O2. The van der Waals surface area contributed by atoms with E-state index in [4.69, 9.17) is 4.74 Å². The highest BCUT2D eigenvalue weighted by Crippen LogP contribution is 2.33. The van der Waals surface area contributed by atoms with Crippen molar-refractivity contribution < 1.29 is 9.53 Å². The Morgan fingerprint density at radius 2 is 1.91 bits per heavy atom. The van der Waals surface area contributed by atoms with Gasteiger partial charge in [0.2, 0.25) is 0 Å². The smallest absolute Gasteiger partial charge is 0.254 e. The Kier molecular flexibility index (Phi) is 5.40. The van der Waals surface area contributed by atoms with Gasteiger partial charge in [-0.05, 0) is 34.9 Å². The summed E-state index contributed by atoms with van der Waals surface area (Å²) < 4.78 is 5.36. The fraction of sp³-hybridized carbons (Fsp3) is 0.192. The molecule has 4 aromatic rings. The number of morpholine rings is 1. The van der Waals surface area contributed by atoms with Crippen LogP contribution in [0.5, 0.6) is 0 Å².